The Kier molecular flexibility index (Phi) is 5.76. The topological polar surface area (TPSA) is 66.5 Å². The van der Waals surface area contributed by atoms with E-state index in [1.54, 1.807) is 4.90 Å². The normalized spacial score (nSPS) is 15.3. The Morgan fingerprint density at radius 3 is 2.48 bits per heavy atom. The molecule has 1 amide bonds. The van der Waals surface area contributed by atoms with Gasteiger partial charge in [0.25, 0.3) is 0 Å². The number of carbonyl (C=O) groups excluding carboxylic acids is 1. The number of nitrogens with zero attached hydrogens (tertiary/aromatic N) is 1. The van der Waals surface area contributed by atoms with Crippen molar-refractivity contribution in [3.8, 4) is 0 Å². The maximum Gasteiger partial charge on any atom is 0.237 e. The zero-order chi connectivity index (χ0) is 15.1. The van der Waals surface area contributed by atoms with Crippen LogP contribution < -0.4 is 4.72 Å². The highest BCUT2D eigenvalue weighted by atomic mass is 32.2. The number of rotatable bonds is 7. The summed E-state index contributed by atoms with van der Waals surface area (Å²) in [5.74, 6) is -0.0750. The number of sulfonamides is 1. The molecule has 1 saturated heterocycles. The Morgan fingerprint density at radius 2 is 1.81 bits per heavy atom. The summed E-state index contributed by atoms with van der Waals surface area (Å²) in [6.07, 6.45) is 3.30. The Balaban J connectivity index is 1.70. The van der Waals surface area contributed by atoms with Gasteiger partial charge in [-0.25, -0.2) is 13.1 Å². The molecule has 6 heteroatoms. The van der Waals surface area contributed by atoms with Crippen molar-refractivity contribution in [1.82, 2.24) is 9.62 Å². The molecule has 0 radical (unpaired) electrons. The van der Waals surface area contributed by atoms with Gasteiger partial charge < -0.3 is 4.90 Å². The van der Waals surface area contributed by atoms with Crippen LogP contribution in [-0.2, 0) is 21.2 Å². The molecule has 0 aromatic heterocycles. The first kappa shape index (κ1) is 16.0. The predicted octanol–water partition coefficient (Wildman–Crippen LogP) is 1.16. The molecule has 5 nitrogen and oxygen atoms in total. The molecule has 2 rings (SSSR count). The number of carbonyl (C=O) groups is 1. The summed E-state index contributed by atoms with van der Waals surface area (Å²) in [4.78, 5) is 13.5. The van der Waals surface area contributed by atoms with E-state index in [1.165, 1.54) is 0 Å². The number of likely N-dealkylation sites (tertiary alicyclic amines) is 1. The van der Waals surface area contributed by atoms with E-state index in [9.17, 15) is 13.2 Å². The number of aryl methyl sites for hydroxylation is 1. The van der Waals surface area contributed by atoms with E-state index in [0.717, 1.165) is 37.9 Å². The minimum Gasteiger partial charge on any atom is -0.342 e. The van der Waals surface area contributed by atoms with E-state index in [1.807, 2.05) is 30.3 Å². The van der Waals surface area contributed by atoms with Gasteiger partial charge in [-0.15, -0.1) is 0 Å². The van der Waals surface area contributed by atoms with Gasteiger partial charge in [0.05, 0.1) is 12.3 Å². The van der Waals surface area contributed by atoms with Crippen LogP contribution >= 0.6 is 0 Å². The molecule has 1 aromatic rings. The van der Waals surface area contributed by atoms with Gasteiger partial charge in [-0.3, -0.25) is 4.79 Å². The van der Waals surface area contributed by atoms with Crippen molar-refractivity contribution in [1.29, 1.82) is 0 Å². The first-order valence-electron chi connectivity index (χ1n) is 7.36. The third-order valence-corrected chi connectivity index (χ3v) is 5.03. The second-order valence-corrected chi connectivity index (χ2v) is 7.24. The quantitative estimate of drug-likeness (QED) is 0.822. The molecule has 1 heterocycles. The minimum absolute atomic E-state index is 0.0508. The molecule has 0 unspecified atom stereocenters. The number of hydrogen-bond donors (Lipinski definition) is 1. The minimum atomic E-state index is -3.37. The van der Waals surface area contributed by atoms with Crippen molar-refractivity contribution in [2.45, 2.75) is 25.7 Å². The van der Waals surface area contributed by atoms with E-state index < -0.39 is 10.0 Å². The van der Waals surface area contributed by atoms with Gasteiger partial charge in [0, 0.05) is 13.1 Å². The highest BCUT2D eigenvalue weighted by Gasteiger charge is 2.19. The standard InChI is InChI=1S/C15H22N2O3S/c18-15(17-10-4-5-11-17)13-16-21(19,20)12-6-9-14-7-2-1-3-8-14/h1-3,7-8,16H,4-6,9-13H2. The SMILES string of the molecule is O=C(CNS(=O)(=O)CCCc1ccccc1)N1CCCC1. The first-order valence-corrected chi connectivity index (χ1v) is 9.01. The van der Waals surface area contributed by atoms with Crippen LogP contribution in [-0.4, -0.2) is 44.6 Å². The van der Waals surface area contributed by atoms with Crippen LogP contribution in [0.2, 0.25) is 0 Å². The van der Waals surface area contributed by atoms with Crippen LogP contribution in [0.1, 0.15) is 24.8 Å². The van der Waals surface area contributed by atoms with E-state index in [0.29, 0.717) is 6.42 Å². The van der Waals surface area contributed by atoms with Crippen LogP contribution in [0.3, 0.4) is 0 Å². The number of hydrogen-bond acceptors (Lipinski definition) is 3. The lowest BCUT2D eigenvalue weighted by Crippen LogP contribution is -2.39. The lowest BCUT2D eigenvalue weighted by atomic mass is 10.1. The molecule has 0 atom stereocenters. The molecule has 1 fully saturated rings. The van der Waals surface area contributed by atoms with E-state index in [2.05, 4.69) is 4.72 Å². The molecular weight excluding hydrogens is 288 g/mol. The summed E-state index contributed by atoms with van der Waals surface area (Å²) in [7, 11) is -3.37. The third-order valence-electron chi connectivity index (χ3n) is 3.62. The van der Waals surface area contributed by atoms with Crippen LogP contribution in [0.5, 0.6) is 0 Å². The Hall–Kier alpha value is -1.40. The zero-order valence-electron chi connectivity index (χ0n) is 12.1. The number of benzene rings is 1. The average Bonchev–Trinajstić information content (AvgIpc) is 3.00. The van der Waals surface area contributed by atoms with Crippen LogP contribution in [0.25, 0.3) is 0 Å². The average molecular weight is 310 g/mol. The van der Waals surface area contributed by atoms with Crippen molar-refractivity contribution in [2.24, 2.45) is 0 Å². The van der Waals surface area contributed by atoms with Gasteiger partial charge in [-0.2, -0.15) is 0 Å². The lowest BCUT2D eigenvalue weighted by Gasteiger charge is -2.15. The van der Waals surface area contributed by atoms with Crippen molar-refractivity contribution >= 4 is 15.9 Å². The lowest BCUT2D eigenvalue weighted by molar-refractivity contribution is -0.128. The highest BCUT2D eigenvalue weighted by Crippen LogP contribution is 2.07. The summed E-state index contributed by atoms with van der Waals surface area (Å²) in [6, 6.07) is 9.78. The van der Waals surface area contributed by atoms with E-state index in [4.69, 9.17) is 0 Å². The molecule has 0 spiro atoms. The van der Waals surface area contributed by atoms with Crippen molar-refractivity contribution in [3.05, 3.63) is 35.9 Å². The molecular formula is C15H22N2O3S. The molecule has 1 aromatic carbocycles. The molecule has 1 aliphatic rings. The maximum absolute atomic E-state index is 11.9. The Morgan fingerprint density at radius 1 is 1.14 bits per heavy atom. The molecule has 1 aliphatic heterocycles. The van der Waals surface area contributed by atoms with Crippen LogP contribution in [0.15, 0.2) is 30.3 Å². The third kappa shape index (κ3) is 5.47. The molecule has 0 saturated carbocycles. The summed E-state index contributed by atoms with van der Waals surface area (Å²) in [6.45, 7) is 1.37. The zero-order valence-corrected chi connectivity index (χ0v) is 12.9. The fourth-order valence-electron chi connectivity index (χ4n) is 2.43. The van der Waals surface area contributed by atoms with Crippen molar-refractivity contribution in [3.63, 3.8) is 0 Å². The fraction of sp³-hybridized carbons (Fsp3) is 0.533. The summed E-state index contributed by atoms with van der Waals surface area (Å²) in [5.41, 5.74) is 1.13. The van der Waals surface area contributed by atoms with Gasteiger partial charge in [-0.05, 0) is 31.2 Å². The summed E-state index contributed by atoms with van der Waals surface area (Å²) < 4.78 is 26.1. The molecule has 21 heavy (non-hydrogen) atoms. The first-order chi connectivity index (χ1) is 10.1. The van der Waals surface area contributed by atoms with E-state index >= 15 is 0 Å². The Bertz CT molecular complexity index is 552. The summed E-state index contributed by atoms with van der Waals surface area (Å²) >= 11 is 0. The fourth-order valence-corrected chi connectivity index (χ4v) is 3.45. The molecule has 0 bridgehead atoms. The van der Waals surface area contributed by atoms with Gasteiger partial charge in [0.1, 0.15) is 0 Å². The predicted molar refractivity (Wildman–Crippen MR) is 82.4 cm³/mol. The van der Waals surface area contributed by atoms with Crippen molar-refractivity contribution < 1.29 is 13.2 Å². The van der Waals surface area contributed by atoms with Gasteiger partial charge in [-0.1, -0.05) is 30.3 Å². The second kappa shape index (κ2) is 7.56. The number of amides is 1. The number of nitrogens with one attached hydrogen (secondary N) is 1. The second-order valence-electron chi connectivity index (χ2n) is 5.32. The monoisotopic (exact) mass is 310 g/mol. The van der Waals surface area contributed by atoms with Crippen molar-refractivity contribution in [2.75, 3.05) is 25.4 Å². The largest absolute Gasteiger partial charge is 0.342 e. The summed E-state index contributed by atoms with van der Waals surface area (Å²) in [5, 5.41) is 0. The van der Waals surface area contributed by atoms with Gasteiger partial charge in [0.15, 0.2) is 0 Å². The molecule has 0 aliphatic carbocycles. The Labute approximate surface area is 126 Å². The molecule has 116 valence electrons. The maximum atomic E-state index is 11.9. The highest BCUT2D eigenvalue weighted by molar-refractivity contribution is 7.89. The van der Waals surface area contributed by atoms with E-state index in [-0.39, 0.29) is 18.2 Å². The van der Waals surface area contributed by atoms with Gasteiger partial charge in [0.2, 0.25) is 15.9 Å². The molecule has 1 N–H and O–H groups in total. The van der Waals surface area contributed by atoms with Gasteiger partial charge >= 0.3 is 0 Å². The smallest absolute Gasteiger partial charge is 0.237 e. The van der Waals surface area contributed by atoms with Crippen LogP contribution in [0, 0.1) is 0 Å². The van der Waals surface area contributed by atoms with Crippen LogP contribution in [0.4, 0.5) is 0 Å².